The van der Waals surface area contributed by atoms with Crippen molar-refractivity contribution in [3.8, 4) is 0 Å². The maximum atomic E-state index is 12.5. The van der Waals surface area contributed by atoms with Crippen molar-refractivity contribution in [1.29, 1.82) is 0 Å². The minimum Gasteiger partial charge on any atom is -0.478 e. The first kappa shape index (κ1) is 13.2. The number of hydrogen-bond acceptors (Lipinski definition) is 2. The lowest BCUT2D eigenvalue weighted by atomic mass is 10.1. The van der Waals surface area contributed by atoms with Crippen molar-refractivity contribution in [3.05, 3.63) is 28.3 Å². The SMILES string of the molecule is CSc1c(C(F)(F)F)ccc(C(=O)O)c1Cl. The van der Waals surface area contributed by atoms with Crippen molar-refractivity contribution < 1.29 is 23.1 Å². The molecule has 0 aliphatic carbocycles. The van der Waals surface area contributed by atoms with Gasteiger partial charge >= 0.3 is 12.1 Å². The Morgan fingerprint density at radius 1 is 1.44 bits per heavy atom. The van der Waals surface area contributed by atoms with E-state index in [2.05, 4.69) is 0 Å². The van der Waals surface area contributed by atoms with Gasteiger partial charge in [-0.25, -0.2) is 4.79 Å². The summed E-state index contributed by atoms with van der Waals surface area (Å²) in [4.78, 5) is 10.4. The maximum Gasteiger partial charge on any atom is 0.417 e. The van der Waals surface area contributed by atoms with E-state index >= 15 is 0 Å². The Morgan fingerprint density at radius 2 is 2.00 bits per heavy atom. The van der Waals surface area contributed by atoms with Crippen molar-refractivity contribution in [1.82, 2.24) is 0 Å². The van der Waals surface area contributed by atoms with Gasteiger partial charge in [0.05, 0.1) is 16.1 Å². The molecule has 0 saturated heterocycles. The van der Waals surface area contributed by atoms with Crippen LogP contribution in [-0.4, -0.2) is 17.3 Å². The van der Waals surface area contributed by atoms with Gasteiger partial charge in [-0.2, -0.15) is 13.2 Å². The first-order chi connectivity index (χ1) is 7.29. The first-order valence-electron chi connectivity index (χ1n) is 3.96. The molecule has 0 aromatic heterocycles. The van der Waals surface area contributed by atoms with Crippen molar-refractivity contribution in [2.75, 3.05) is 6.26 Å². The highest BCUT2D eigenvalue weighted by atomic mass is 35.5. The predicted octanol–water partition coefficient (Wildman–Crippen LogP) is 3.78. The molecule has 0 radical (unpaired) electrons. The van der Waals surface area contributed by atoms with E-state index in [1.54, 1.807) is 0 Å². The summed E-state index contributed by atoms with van der Waals surface area (Å²) < 4.78 is 37.6. The molecule has 2 nitrogen and oxygen atoms in total. The third kappa shape index (κ3) is 2.44. The number of alkyl halides is 3. The number of rotatable bonds is 2. The third-order valence-corrected chi connectivity index (χ3v) is 3.17. The third-order valence-electron chi connectivity index (χ3n) is 1.84. The van der Waals surface area contributed by atoms with E-state index in [0.717, 1.165) is 23.9 Å². The molecule has 1 aromatic rings. The number of aromatic carboxylic acids is 1. The highest BCUT2D eigenvalue weighted by Crippen LogP contribution is 2.40. The van der Waals surface area contributed by atoms with Gasteiger partial charge in [-0.05, 0) is 18.4 Å². The molecule has 88 valence electrons. The Labute approximate surface area is 98.4 Å². The van der Waals surface area contributed by atoms with Gasteiger partial charge in [-0.1, -0.05) is 11.6 Å². The van der Waals surface area contributed by atoms with Gasteiger partial charge in [0.2, 0.25) is 0 Å². The number of carboxylic acid groups (broad SMARTS) is 1. The van der Waals surface area contributed by atoms with E-state index in [0.29, 0.717) is 0 Å². The average Bonchev–Trinajstić information content (AvgIpc) is 2.15. The highest BCUT2D eigenvalue weighted by molar-refractivity contribution is 7.98. The average molecular weight is 271 g/mol. The zero-order valence-electron chi connectivity index (χ0n) is 7.93. The summed E-state index contributed by atoms with van der Waals surface area (Å²) >= 11 is 6.38. The Bertz CT molecular complexity index is 431. The molecule has 1 aromatic carbocycles. The van der Waals surface area contributed by atoms with E-state index in [1.807, 2.05) is 0 Å². The van der Waals surface area contributed by atoms with Crippen LogP contribution < -0.4 is 0 Å². The molecule has 0 spiro atoms. The number of carboxylic acids is 1. The van der Waals surface area contributed by atoms with E-state index in [9.17, 15) is 18.0 Å². The second kappa shape index (κ2) is 4.55. The minimum absolute atomic E-state index is 0.269. The quantitative estimate of drug-likeness (QED) is 0.831. The van der Waals surface area contributed by atoms with Gasteiger partial charge in [0.25, 0.3) is 0 Å². The summed E-state index contributed by atoms with van der Waals surface area (Å²) in [6.07, 6.45) is -3.14. The van der Waals surface area contributed by atoms with Crippen molar-refractivity contribution in [2.45, 2.75) is 11.1 Å². The van der Waals surface area contributed by atoms with Crippen molar-refractivity contribution >= 4 is 29.3 Å². The van der Waals surface area contributed by atoms with Crippen LogP contribution in [0.1, 0.15) is 15.9 Å². The van der Waals surface area contributed by atoms with Crippen molar-refractivity contribution in [3.63, 3.8) is 0 Å². The largest absolute Gasteiger partial charge is 0.478 e. The van der Waals surface area contributed by atoms with Gasteiger partial charge in [0, 0.05) is 4.90 Å². The van der Waals surface area contributed by atoms with Gasteiger partial charge in [-0.15, -0.1) is 11.8 Å². The molecule has 0 unspecified atom stereocenters. The zero-order valence-corrected chi connectivity index (χ0v) is 9.50. The Hall–Kier alpha value is -0.880. The van der Waals surface area contributed by atoms with Crippen LogP contribution in [0, 0.1) is 0 Å². The van der Waals surface area contributed by atoms with E-state index < -0.39 is 17.7 Å². The highest BCUT2D eigenvalue weighted by Gasteiger charge is 2.35. The lowest BCUT2D eigenvalue weighted by molar-refractivity contribution is -0.139. The van der Waals surface area contributed by atoms with Crippen LogP contribution in [0.4, 0.5) is 13.2 Å². The molecule has 16 heavy (non-hydrogen) atoms. The van der Waals surface area contributed by atoms with Crippen LogP contribution in [-0.2, 0) is 6.18 Å². The Kier molecular flexibility index (Phi) is 3.75. The number of thioether (sulfide) groups is 1. The molecule has 0 fully saturated rings. The molecule has 0 saturated carbocycles. The molecule has 1 rings (SSSR count). The van der Waals surface area contributed by atoms with Gasteiger partial charge in [-0.3, -0.25) is 0 Å². The normalized spacial score (nSPS) is 11.6. The molecule has 0 bridgehead atoms. The summed E-state index contributed by atoms with van der Waals surface area (Å²) in [5, 5.41) is 8.32. The fourth-order valence-electron chi connectivity index (χ4n) is 1.14. The fourth-order valence-corrected chi connectivity index (χ4v) is 2.31. The maximum absolute atomic E-state index is 12.5. The summed E-state index contributed by atoms with van der Waals surface area (Å²) in [5.74, 6) is -1.35. The predicted molar refractivity (Wildman–Crippen MR) is 55.2 cm³/mol. The van der Waals surface area contributed by atoms with Crippen LogP contribution in [0.25, 0.3) is 0 Å². The van der Waals surface area contributed by atoms with E-state index in [-0.39, 0.29) is 15.5 Å². The molecule has 0 atom stereocenters. The number of halogens is 4. The number of carbonyl (C=O) groups is 1. The summed E-state index contributed by atoms with van der Waals surface area (Å²) in [5.41, 5.74) is -1.26. The van der Waals surface area contributed by atoms with Gasteiger partial charge in [0.15, 0.2) is 0 Å². The molecule has 7 heteroatoms. The van der Waals surface area contributed by atoms with Crippen LogP contribution >= 0.6 is 23.4 Å². The second-order valence-corrected chi connectivity index (χ2v) is 4.01. The molecule has 0 aliphatic heterocycles. The van der Waals surface area contributed by atoms with Crippen LogP contribution in [0.5, 0.6) is 0 Å². The standard InChI is InChI=1S/C9H6ClF3O2S/c1-16-7-5(9(11,12)13)3-2-4(6(7)10)8(14)15/h2-3H,1H3,(H,14,15). The summed E-state index contributed by atoms with van der Waals surface area (Å²) in [7, 11) is 0. The fraction of sp³-hybridized carbons (Fsp3) is 0.222. The Morgan fingerprint density at radius 3 is 2.38 bits per heavy atom. The lowest BCUT2D eigenvalue weighted by Gasteiger charge is -2.13. The van der Waals surface area contributed by atoms with Crippen molar-refractivity contribution in [2.24, 2.45) is 0 Å². The first-order valence-corrected chi connectivity index (χ1v) is 5.56. The lowest BCUT2D eigenvalue weighted by Crippen LogP contribution is -2.09. The zero-order chi connectivity index (χ0) is 12.5. The number of benzene rings is 1. The smallest absolute Gasteiger partial charge is 0.417 e. The molecular formula is C9H6ClF3O2S. The molecule has 0 aliphatic rings. The second-order valence-electron chi connectivity index (χ2n) is 2.81. The molecular weight excluding hydrogens is 265 g/mol. The van der Waals surface area contributed by atoms with E-state index in [1.165, 1.54) is 6.26 Å². The van der Waals surface area contributed by atoms with Gasteiger partial charge < -0.3 is 5.11 Å². The molecule has 0 heterocycles. The summed E-state index contributed by atoms with van der Waals surface area (Å²) in [6.45, 7) is 0. The molecule has 1 N–H and O–H groups in total. The number of hydrogen-bond donors (Lipinski definition) is 1. The minimum atomic E-state index is -4.54. The Balaban J connectivity index is 3.47. The van der Waals surface area contributed by atoms with Crippen LogP contribution in [0.15, 0.2) is 17.0 Å². The van der Waals surface area contributed by atoms with Crippen LogP contribution in [0.3, 0.4) is 0 Å². The van der Waals surface area contributed by atoms with Gasteiger partial charge in [0.1, 0.15) is 0 Å². The molecule has 0 amide bonds. The van der Waals surface area contributed by atoms with Crippen LogP contribution in [0.2, 0.25) is 5.02 Å². The summed E-state index contributed by atoms with van der Waals surface area (Å²) in [6, 6.07) is 1.58. The van der Waals surface area contributed by atoms with E-state index in [4.69, 9.17) is 16.7 Å². The monoisotopic (exact) mass is 270 g/mol. The topological polar surface area (TPSA) is 37.3 Å².